The molecule has 0 aliphatic carbocycles. The number of hydrogen-bond acceptors (Lipinski definition) is 5. The lowest BCUT2D eigenvalue weighted by atomic mass is 10.2. The average molecular weight is 413 g/mol. The van der Waals surface area contributed by atoms with E-state index < -0.39 is 30.8 Å². The number of alkyl halides is 5. The standard InChI is InChI=1S/C19H12F5NO4/c20-18(21)27-12-8-5-11(6-9-12)7-10-15(26)29-16(19(22,23)24)17-25-13-3-1-2-4-14(13)28-17/h1-10,16,18H. The summed E-state index contributed by atoms with van der Waals surface area (Å²) in [6.45, 7) is -2.99. The van der Waals surface area contributed by atoms with Crippen LogP contribution in [0.1, 0.15) is 17.6 Å². The topological polar surface area (TPSA) is 61.6 Å². The molecular formula is C19H12F5NO4. The van der Waals surface area contributed by atoms with E-state index in [1.54, 1.807) is 12.1 Å². The molecule has 2 aromatic carbocycles. The fourth-order valence-corrected chi connectivity index (χ4v) is 2.34. The highest BCUT2D eigenvalue weighted by Gasteiger charge is 2.47. The number of esters is 1. The largest absolute Gasteiger partial charge is 0.439 e. The highest BCUT2D eigenvalue weighted by Crippen LogP contribution is 2.36. The van der Waals surface area contributed by atoms with Gasteiger partial charge in [-0.25, -0.2) is 9.78 Å². The zero-order chi connectivity index (χ0) is 21.0. The van der Waals surface area contributed by atoms with Gasteiger partial charge in [-0.05, 0) is 35.9 Å². The Labute approximate surface area is 160 Å². The molecule has 0 bridgehead atoms. The third-order valence-electron chi connectivity index (χ3n) is 3.58. The van der Waals surface area contributed by atoms with Gasteiger partial charge in [0.1, 0.15) is 11.3 Å². The van der Waals surface area contributed by atoms with Crippen LogP contribution in [-0.4, -0.2) is 23.7 Å². The van der Waals surface area contributed by atoms with Gasteiger partial charge in [-0.15, -0.1) is 0 Å². The smallest absolute Gasteiger partial charge is 0.434 e. The van der Waals surface area contributed by atoms with Crippen molar-refractivity contribution in [1.29, 1.82) is 0 Å². The maximum atomic E-state index is 13.3. The van der Waals surface area contributed by atoms with Crippen LogP contribution in [0.3, 0.4) is 0 Å². The molecule has 1 heterocycles. The van der Waals surface area contributed by atoms with E-state index in [9.17, 15) is 26.7 Å². The summed E-state index contributed by atoms with van der Waals surface area (Å²) < 4.78 is 77.9. The van der Waals surface area contributed by atoms with E-state index in [0.717, 1.165) is 12.2 Å². The van der Waals surface area contributed by atoms with Crippen molar-refractivity contribution in [2.75, 3.05) is 0 Å². The molecule has 0 aliphatic heterocycles. The van der Waals surface area contributed by atoms with E-state index in [1.807, 2.05) is 0 Å². The maximum Gasteiger partial charge on any atom is 0.434 e. The second-order valence-electron chi connectivity index (χ2n) is 5.66. The molecule has 0 N–H and O–H groups in total. The van der Waals surface area contributed by atoms with Crippen molar-refractivity contribution in [3.05, 3.63) is 66.1 Å². The Bertz CT molecular complexity index is 978. The lowest BCUT2D eigenvalue weighted by Crippen LogP contribution is -2.26. The van der Waals surface area contributed by atoms with Crippen LogP contribution in [-0.2, 0) is 9.53 Å². The van der Waals surface area contributed by atoms with Crippen molar-refractivity contribution in [2.45, 2.75) is 18.9 Å². The molecule has 10 heteroatoms. The summed E-state index contributed by atoms with van der Waals surface area (Å²) >= 11 is 0. The summed E-state index contributed by atoms with van der Waals surface area (Å²) in [5, 5.41) is 0. The molecule has 0 spiro atoms. The Hall–Kier alpha value is -3.43. The van der Waals surface area contributed by atoms with Gasteiger partial charge in [-0.3, -0.25) is 0 Å². The lowest BCUT2D eigenvalue weighted by Gasteiger charge is -2.16. The monoisotopic (exact) mass is 413 g/mol. The number of benzene rings is 2. The molecule has 1 unspecified atom stereocenters. The number of ether oxygens (including phenoxy) is 2. The van der Waals surface area contributed by atoms with E-state index >= 15 is 0 Å². The van der Waals surface area contributed by atoms with E-state index in [-0.39, 0.29) is 16.8 Å². The highest BCUT2D eigenvalue weighted by atomic mass is 19.4. The van der Waals surface area contributed by atoms with Gasteiger partial charge in [0.15, 0.2) is 5.58 Å². The predicted octanol–water partition coefficient (Wildman–Crippen LogP) is 5.29. The Balaban J connectivity index is 1.72. The molecule has 3 aromatic rings. The summed E-state index contributed by atoms with van der Waals surface area (Å²) in [5.74, 6) is -2.19. The first-order chi connectivity index (χ1) is 13.7. The van der Waals surface area contributed by atoms with Gasteiger partial charge < -0.3 is 13.9 Å². The number of oxazole rings is 1. The number of nitrogens with zero attached hydrogens (tertiary/aromatic N) is 1. The lowest BCUT2D eigenvalue weighted by molar-refractivity contribution is -0.226. The van der Waals surface area contributed by atoms with Crippen LogP contribution in [0, 0.1) is 0 Å². The van der Waals surface area contributed by atoms with Gasteiger partial charge in [0, 0.05) is 6.08 Å². The molecule has 0 radical (unpaired) electrons. The number of carbonyl (C=O) groups is 1. The minimum Gasteiger partial charge on any atom is -0.439 e. The number of aromatic nitrogens is 1. The maximum absolute atomic E-state index is 13.3. The number of carbonyl (C=O) groups excluding carboxylic acids is 1. The van der Waals surface area contributed by atoms with Gasteiger partial charge >= 0.3 is 18.8 Å². The van der Waals surface area contributed by atoms with Crippen molar-refractivity contribution >= 4 is 23.1 Å². The fraction of sp³-hybridized carbons (Fsp3) is 0.158. The summed E-state index contributed by atoms with van der Waals surface area (Å²) in [5.41, 5.74) is 0.665. The number of hydrogen-bond donors (Lipinski definition) is 0. The van der Waals surface area contributed by atoms with E-state index in [0.29, 0.717) is 5.56 Å². The Morgan fingerprint density at radius 3 is 2.38 bits per heavy atom. The van der Waals surface area contributed by atoms with Crippen LogP contribution in [0.15, 0.2) is 59.0 Å². The molecule has 0 fully saturated rings. The molecule has 0 aliphatic rings. The van der Waals surface area contributed by atoms with Crippen molar-refractivity contribution in [3.8, 4) is 5.75 Å². The molecule has 1 atom stereocenters. The van der Waals surface area contributed by atoms with Crippen LogP contribution < -0.4 is 4.74 Å². The molecule has 152 valence electrons. The normalized spacial score (nSPS) is 13.2. The third kappa shape index (κ3) is 5.31. The van der Waals surface area contributed by atoms with Crippen LogP contribution in [0.2, 0.25) is 0 Å². The summed E-state index contributed by atoms with van der Waals surface area (Å²) in [7, 11) is 0. The van der Waals surface area contributed by atoms with Crippen LogP contribution in [0.5, 0.6) is 5.75 Å². The zero-order valence-corrected chi connectivity index (χ0v) is 14.4. The first-order valence-corrected chi connectivity index (χ1v) is 8.08. The second kappa shape index (κ2) is 8.29. The van der Waals surface area contributed by atoms with Crippen molar-refractivity contribution in [1.82, 2.24) is 4.98 Å². The third-order valence-corrected chi connectivity index (χ3v) is 3.58. The quantitative estimate of drug-likeness (QED) is 0.312. The van der Waals surface area contributed by atoms with Gasteiger partial charge in [0.05, 0.1) is 0 Å². The SMILES string of the molecule is O=C(C=Cc1ccc(OC(F)F)cc1)OC(c1nc2ccccc2o1)C(F)(F)F. The Morgan fingerprint density at radius 2 is 1.76 bits per heavy atom. The summed E-state index contributed by atoms with van der Waals surface area (Å²) in [6, 6.07) is 11.1. The molecule has 1 aromatic heterocycles. The minimum atomic E-state index is -4.95. The van der Waals surface area contributed by atoms with Gasteiger partial charge in [0.25, 0.3) is 6.10 Å². The molecule has 0 amide bonds. The fourth-order valence-electron chi connectivity index (χ4n) is 2.34. The molecule has 3 rings (SSSR count). The van der Waals surface area contributed by atoms with Crippen molar-refractivity contribution in [3.63, 3.8) is 0 Å². The average Bonchev–Trinajstić information content (AvgIpc) is 3.07. The van der Waals surface area contributed by atoms with E-state index in [1.165, 1.54) is 36.4 Å². The van der Waals surface area contributed by atoms with E-state index in [2.05, 4.69) is 14.5 Å². The zero-order valence-electron chi connectivity index (χ0n) is 14.4. The van der Waals surface area contributed by atoms with Gasteiger partial charge in [0.2, 0.25) is 5.89 Å². The van der Waals surface area contributed by atoms with Crippen molar-refractivity contribution in [2.24, 2.45) is 0 Å². The summed E-state index contributed by atoms with van der Waals surface area (Å²) in [6.07, 6.45) is -5.70. The first-order valence-electron chi connectivity index (χ1n) is 8.08. The second-order valence-corrected chi connectivity index (χ2v) is 5.66. The van der Waals surface area contributed by atoms with E-state index in [4.69, 9.17) is 4.42 Å². The highest BCUT2D eigenvalue weighted by molar-refractivity contribution is 5.87. The van der Waals surface area contributed by atoms with Crippen LogP contribution in [0.25, 0.3) is 17.2 Å². The predicted molar refractivity (Wildman–Crippen MR) is 91.0 cm³/mol. The van der Waals surface area contributed by atoms with Crippen molar-refractivity contribution < 1.29 is 40.6 Å². The molecule has 5 nitrogen and oxygen atoms in total. The Kier molecular flexibility index (Phi) is 5.81. The molecule has 0 saturated heterocycles. The number of para-hydroxylation sites is 2. The number of rotatable bonds is 6. The minimum absolute atomic E-state index is 0.104. The molecule has 29 heavy (non-hydrogen) atoms. The Morgan fingerprint density at radius 1 is 1.07 bits per heavy atom. The number of fused-ring (bicyclic) bond motifs is 1. The van der Waals surface area contributed by atoms with Crippen LogP contribution >= 0.6 is 0 Å². The van der Waals surface area contributed by atoms with Crippen LogP contribution in [0.4, 0.5) is 22.0 Å². The van der Waals surface area contributed by atoms with Gasteiger partial charge in [-0.2, -0.15) is 22.0 Å². The number of halogens is 5. The first kappa shape index (κ1) is 20.3. The summed E-state index contributed by atoms with van der Waals surface area (Å²) in [4.78, 5) is 15.6. The molecular weight excluding hydrogens is 401 g/mol. The van der Waals surface area contributed by atoms with Gasteiger partial charge in [-0.1, -0.05) is 24.3 Å². The molecule has 0 saturated carbocycles.